The smallest absolute Gasteiger partial charge is 0.289 e. The monoisotopic (exact) mass is 334 g/mol. The fourth-order valence-electron chi connectivity index (χ4n) is 2.00. The van der Waals surface area contributed by atoms with Crippen LogP contribution in [-0.4, -0.2) is 23.9 Å². The van der Waals surface area contributed by atoms with Gasteiger partial charge in [-0.25, -0.2) is 0 Å². The van der Waals surface area contributed by atoms with Gasteiger partial charge in [0.05, 0.1) is 17.0 Å². The van der Waals surface area contributed by atoms with E-state index in [4.69, 9.17) is 9.68 Å². The van der Waals surface area contributed by atoms with Crippen LogP contribution in [0.1, 0.15) is 29.5 Å². The van der Waals surface area contributed by atoms with Crippen LogP contribution >= 0.6 is 15.9 Å². The molecule has 0 unspecified atom stereocenters. The molecule has 104 valence electrons. The highest BCUT2D eigenvalue weighted by molar-refractivity contribution is 9.10. The molecule has 4 nitrogen and oxygen atoms in total. The predicted molar refractivity (Wildman–Crippen MR) is 80.4 cm³/mol. The maximum Gasteiger partial charge on any atom is 0.289 e. The van der Waals surface area contributed by atoms with Crippen LogP contribution in [0.25, 0.3) is 11.0 Å². The second kappa shape index (κ2) is 5.68. The lowest BCUT2D eigenvalue weighted by Crippen LogP contribution is -2.34. The first-order valence-electron chi connectivity index (χ1n) is 6.28. The van der Waals surface area contributed by atoms with Crippen LogP contribution in [-0.2, 0) is 0 Å². The Morgan fingerprint density at radius 2 is 2.20 bits per heavy atom. The molecule has 0 bridgehead atoms. The van der Waals surface area contributed by atoms with E-state index in [1.165, 1.54) is 4.90 Å². The van der Waals surface area contributed by atoms with Gasteiger partial charge in [0.1, 0.15) is 5.58 Å². The summed E-state index contributed by atoms with van der Waals surface area (Å²) < 4.78 is 6.48. The summed E-state index contributed by atoms with van der Waals surface area (Å²) in [6.07, 6.45) is 0.297. The molecule has 2 rings (SSSR count). The van der Waals surface area contributed by atoms with Crippen LogP contribution < -0.4 is 0 Å². The molecule has 0 saturated heterocycles. The van der Waals surface area contributed by atoms with Crippen molar-refractivity contribution in [3.63, 3.8) is 0 Å². The normalized spacial score (nSPS) is 12.2. The third-order valence-electron chi connectivity index (χ3n) is 3.29. The summed E-state index contributed by atoms with van der Waals surface area (Å²) in [6.45, 7) is 3.82. The number of nitriles is 1. The topological polar surface area (TPSA) is 57.2 Å². The highest BCUT2D eigenvalue weighted by Crippen LogP contribution is 2.29. The van der Waals surface area contributed by atoms with Crippen molar-refractivity contribution in [1.82, 2.24) is 4.90 Å². The van der Waals surface area contributed by atoms with E-state index in [9.17, 15) is 4.79 Å². The molecular weight excluding hydrogens is 320 g/mol. The minimum absolute atomic E-state index is 0.147. The van der Waals surface area contributed by atoms with Crippen LogP contribution in [0.3, 0.4) is 0 Å². The van der Waals surface area contributed by atoms with Crippen molar-refractivity contribution in [1.29, 1.82) is 5.26 Å². The fraction of sp³-hybridized carbons (Fsp3) is 0.333. The Kier molecular flexibility index (Phi) is 4.15. The van der Waals surface area contributed by atoms with Crippen molar-refractivity contribution >= 4 is 32.8 Å². The Bertz CT molecular complexity index is 700. The van der Waals surface area contributed by atoms with E-state index in [1.54, 1.807) is 13.1 Å². The van der Waals surface area contributed by atoms with Crippen molar-refractivity contribution < 1.29 is 9.21 Å². The van der Waals surface area contributed by atoms with Gasteiger partial charge >= 0.3 is 0 Å². The number of aryl methyl sites for hydroxylation is 1. The highest BCUT2D eigenvalue weighted by Gasteiger charge is 2.21. The van der Waals surface area contributed by atoms with Crippen LogP contribution in [0.4, 0.5) is 0 Å². The van der Waals surface area contributed by atoms with Crippen LogP contribution in [0.2, 0.25) is 0 Å². The number of carbonyl (C=O) groups is 1. The van der Waals surface area contributed by atoms with Crippen molar-refractivity contribution in [2.24, 2.45) is 0 Å². The number of carbonyl (C=O) groups excluding carboxylic acids is 1. The maximum absolute atomic E-state index is 12.3. The van der Waals surface area contributed by atoms with Crippen molar-refractivity contribution in [2.75, 3.05) is 7.05 Å². The van der Waals surface area contributed by atoms with E-state index in [2.05, 4.69) is 22.0 Å². The summed E-state index contributed by atoms with van der Waals surface area (Å²) in [4.78, 5) is 13.9. The third kappa shape index (κ3) is 2.70. The number of amides is 1. The molecule has 1 heterocycles. The summed E-state index contributed by atoms with van der Waals surface area (Å²) in [5.41, 5.74) is 1.76. The van der Waals surface area contributed by atoms with E-state index in [-0.39, 0.29) is 11.9 Å². The second-order valence-corrected chi connectivity index (χ2v) is 5.76. The molecular formula is C15H15BrN2O2. The molecule has 5 heteroatoms. The van der Waals surface area contributed by atoms with Gasteiger partial charge in [0.25, 0.3) is 5.91 Å². The molecule has 1 amide bonds. The quantitative estimate of drug-likeness (QED) is 0.855. The van der Waals surface area contributed by atoms with E-state index in [0.29, 0.717) is 17.8 Å². The number of rotatable bonds is 3. The van der Waals surface area contributed by atoms with Crippen molar-refractivity contribution in [3.05, 3.63) is 34.0 Å². The van der Waals surface area contributed by atoms with Gasteiger partial charge in [0, 0.05) is 18.5 Å². The molecule has 1 aromatic heterocycles. The lowest BCUT2D eigenvalue weighted by Gasteiger charge is -2.21. The van der Waals surface area contributed by atoms with Crippen LogP contribution in [0.5, 0.6) is 0 Å². The zero-order chi connectivity index (χ0) is 14.9. The Balaban J connectivity index is 2.36. The number of hydrogen-bond donors (Lipinski definition) is 0. The van der Waals surface area contributed by atoms with Crippen molar-refractivity contribution in [3.8, 4) is 6.07 Å². The first-order chi connectivity index (χ1) is 9.43. The van der Waals surface area contributed by atoms with E-state index < -0.39 is 0 Å². The molecule has 0 fully saturated rings. The maximum atomic E-state index is 12.3. The molecule has 0 spiro atoms. The summed E-state index contributed by atoms with van der Waals surface area (Å²) in [5.74, 6) is 0.0760. The lowest BCUT2D eigenvalue weighted by molar-refractivity contribution is 0.0716. The van der Waals surface area contributed by atoms with E-state index in [1.807, 2.05) is 26.0 Å². The average Bonchev–Trinajstić information content (AvgIpc) is 2.81. The second-order valence-electron chi connectivity index (χ2n) is 4.90. The summed E-state index contributed by atoms with van der Waals surface area (Å²) in [7, 11) is 1.68. The number of furan rings is 1. The summed E-state index contributed by atoms with van der Waals surface area (Å²) in [5, 5.41) is 9.59. The molecule has 0 aliphatic rings. The van der Waals surface area contributed by atoms with Crippen LogP contribution in [0.15, 0.2) is 27.1 Å². The van der Waals surface area contributed by atoms with Crippen molar-refractivity contribution in [2.45, 2.75) is 26.3 Å². The standard InChI is InChI=1S/C15H15BrN2O2/c1-9-6-11-8-13(20-14(11)12(16)7-9)15(19)18(3)10(2)4-5-17/h6-8,10H,4H2,1-3H3/t10-/m1/s1. The summed E-state index contributed by atoms with van der Waals surface area (Å²) in [6, 6.07) is 7.58. The Morgan fingerprint density at radius 3 is 2.85 bits per heavy atom. The molecule has 1 atom stereocenters. The van der Waals surface area contributed by atoms with Gasteiger partial charge in [-0.3, -0.25) is 4.79 Å². The van der Waals surface area contributed by atoms with Gasteiger partial charge in [-0.05, 0) is 53.5 Å². The molecule has 0 radical (unpaired) electrons. The van der Waals surface area contributed by atoms with Crippen LogP contribution in [0, 0.1) is 18.3 Å². The lowest BCUT2D eigenvalue weighted by atomic mass is 10.2. The predicted octanol–water partition coefficient (Wildman–Crippen LogP) is 3.88. The largest absolute Gasteiger partial charge is 0.450 e. The zero-order valence-corrected chi connectivity index (χ0v) is 13.2. The SMILES string of the molecule is Cc1cc(Br)c2oc(C(=O)N(C)[C@H](C)CC#N)cc2c1. The molecule has 0 aliphatic carbocycles. The molecule has 2 aromatic rings. The number of fused-ring (bicyclic) bond motifs is 1. The highest BCUT2D eigenvalue weighted by atomic mass is 79.9. The first-order valence-corrected chi connectivity index (χ1v) is 7.07. The van der Waals surface area contributed by atoms with Gasteiger partial charge in [0.2, 0.25) is 0 Å². The third-order valence-corrected chi connectivity index (χ3v) is 3.88. The Hall–Kier alpha value is -1.80. The molecule has 0 aliphatic heterocycles. The fourth-order valence-corrected chi connectivity index (χ4v) is 2.67. The van der Waals surface area contributed by atoms with Gasteiger partial charge in [-0.15, -0.1) is 0 Å². The number of benzene rings is 1. The van der Waals surface area contributed by atoms with Gasteiger partial charge in [-0.1, -0.05) is 0 Å². The summed E-state index contributed by atoms with van der Waals surface area (Å²) >= 11 is 3.44. The molecule has 0 saturated carbocycles. The van der Waals surface area contributed by atoms with Gasteiger partial charge < -0.3 is 9.32 Å². The number of halogens is 1. The number of hydrogen-bond acceptors (Lipinski definition) is 3. The zero-order valence-electron chi connectivity index (χ0n) is 11.6. The molecule has 0 N–H and O–H groups in total. The van der Waals surface area contributed by atoms with E-state index >= 15 is 0 Å². The molecule has 1 aromatic carbocycles. The average molecular weight is 335 g/mol. The van der Waals surface area contributed by atoms with Gasteiger partial charge in [0.15, 0.2) is 5.76 Å². The Labute approximate surface area is 126 Å². The Morgan fingerprint density at radius 1 is 1.50 bits per heavy atom. The minimum Gasteiger partial charge on any atom is -0.450 e. The van der Waals surface area contributed by atoms with Gasteiger partial charge in [-0.2, -0.15) is 5.26 Å². The van der Waals surface area contributed by atoms with E-state index in [0.717, 1.165) is 15.4 Å². The first kappa shape index (κ1) is 14.6. The minimum atomic E-state index is -0.214. The number of nitrogens with zero attached hydrogens (tertiary/aromatic N) is 2. The molecule has 20 heavy (non-hydrogen) atoms.